The molecule has 108 valence electrons. The van der Waals surface area contributed by atoms with E-state index in [1.165, 1.54) is 23.9 Å². The van der Waals surface area contributed by atoms with Crippen LogP contribution in [0.25, 0.3) is 0 Å². The van der Waals surface area contributed by atoms with Crippen molar-refractivity contribution in [1.82, 2.24) is 14.6 Å². The smallest absolute Gasteiger partial charge is 0.268 e. The predicted octanol–water partition coefficient (Wildman–Crippen LogP) is 0.707. The van der Waals surface area contributed by atoms with E-state index in [0.717, 1.165) is 0 Å². The molecule has 1 unspecified atom stereocenters. The fourth-order valence-corrected chi connectivity index (χ4v) is 2.27. The molecule has 0 radical (unpaired) electrons. The Balaban J connectivity index is 3.00. The Labute approximate surface area is 114 Å². The van der Waals surface area contributed by atoms with E-state index in [0.29, 0.717) is 11.6 Å². The molecule has 0 saturated carbocycles. The maximum atomic E-state index is 12.1. The minimum absolute atomic E-state index is 0.0201. The van der Waals surface area contributed by atoms with E-state index >= 15 is 0 Å². The second-order valence-corrected chi connectivity index (χ2v) is 6.77. The van der Waals surface area contributed by atoms with Crippen LogP contribution >= 0.6 is 0 Å². The number of aryl methyl sites for hydroxylation is 1. The molecule has 19 heavy (non-hydrogen) atoms. The quantitative estimate of drug-likeness (QED) is 0.837. The number of hydrogen-bond donors (Lipinski definition) is 2. The Kier molecular flexibility index (Phi) is 4.75. The molecule has 0 aliphatic heterocycles. The lowest BCUT2D eigenvalue weighted by atomic mass is 10.1. The molecule has 0 bridgehead atoms. The molecule has 0 aliphatic carbocycles. The van der Waals surface area contributed by atoms with Crippen LogP contribution in [0.15, 0.2) is 17.2 Å². The Morgan fingerprint density at radius 1 is 1.32 bits per heavy atom. The maximum Gasteiger partial charge on any atom is 0.268 e. The summed E-state index contributed by atoms with van der Waals surface area (Å²) in [6.45, 7) is 5.93. The van der Waals surface area contributed by atoms with Gasteiger partial charge in [0.15, 0.2) is 0 Å². The van der Waals surface area contributed by atoms with Crippen LogP contribution in [0.2, 0.25) is 0 Å². The van der Waals surface area contributed by atoms with Gasteiger partial charge in [0.1, 0.15) is 10.6 Å². The van der Waals surface area contributed by atoms with Gasteiger partial charge in [0.05, 0.1) is 0 Å². The largest absolute Gasteiger partial charge is 0.348 e. The van der Waals surface area contributed by atoms with Crippen molar-refractivity contribution in [1.29, 1.82) is 0 Å². The van der Waals surface area contributed by atoms with E-state index in [2.05, 4.69) is 10.0 Å². The summed E-state index contributed by atoms with van der Waals surface area (Å²) in [6, 6.07) is 1.39. The molecule has 1 rings (SSSR count). The molecule has 1 heterocycles. The highest BCUT2D eigenvalue weighted by Gasteiger charge is 2.20. The number of hydrogen-bond acceptors (Lipinski definition) is 3. The molecule has 0 aromatic carbocycles. The molecule has 0 fully saturated rings. The first kappa shape index (κ1) is 15.7. The standard InChI is InChI=1S/C12H21N3O3S/c1-8(2)9(3)14-12(16)11-6-10(7-15(11)5)19(17,18)13-4/h6-9,13H,1-5H3,(H,14,16). The third-order valence-electron chi connectivity index (χ3n) is 3.15. The SMILES string of the molecule is CNS(=O)(=O)c1cc(C(=O)NC(C)C(C)C)n(C)c1. The van der Waals surface area contributed by atoms with Gasteiger partial charge in [0.2, 0.25) is 10.0 Å². The first-order valence-corrected chi connectivity index (χ1v) is 7.58. The van der Waals surface area contributed by atoms with Crippen LogP contribution in [0.3, 0.4) is 0 Å². The number of sulfonamides is 1. The molecular formula is C12H21N3O3S. The van der Waals surface area contributed by atoms with Crippen molar-refractivity contribution in [2.24, 2.45) is 13.0 Å². The highest BCUT2D eigenvalue weighted by atomic mass is 32.2. The normalized spacial score (nSPS) is 13.6. The lowest BCUT2D eigenvalue weighted by molar-refractivity contribution is 0.0922. The second kappa shape index (κ2) is 5.75. The van der Waals surface area contributed by atoms with Crippen LogP contribution in [0.1, 0.15) is 31.3 Å². The number of carbonyl (C=O) groups excluding carboxylic acids is 1. The molecule has 0 aliphatic rings. The van der Waals surface area contributed by atoms with Crippen molar-refractivity contribution in [2.45, 2.75) is 31.7 Å². The molecule has 0 saturated heterocycles. The minimum atomic E-state index is -3.53. The summed E-state index contributed by atoms with van der Waals surface area (Å²) in [5.41, 5.74) is 0.321. The zero-order chi connectivity index (χ0) is 14.8. The van der Waals surface area contributed by atoms with Crippen LogP contribution in [0.4, 0.5) is 0 Å². The number of nitrogens with one attached hydrogen (secondary N) is 2. The Bertz CT molecular complexity index is 561. The number of amides is 1. The molecule has 7 heteroatoms. The fourth-order valence-electron chi connectivity index (χ4n) is 1.47. The third-order valence-corrected chi connectivity index (χ3v) is 4.53. The second-order valence-electron chi connectivity index (χ2n) is 4.89. The third kappa shape index (κ3) is 3.57. The zero-order valence-electron chi connectivity index (χ0n) is 11.9. The molecular weight excluding hydrogens is 266 g/mol. The summed E-state index contributed by atoms with van der Waals surface area (Å²) >= 11 is 0. The minimum Gasteiger partial charge on any atom is -0.348 e. The maximum absolute atomic E-state index is 12.1. The van der Waals surface area contributed by atoms with Crippen molar-refractivity contribution < 1.29 is 13.2 Å². The first-order chi connectivity index (χ1) is 8.69. The van der Waals surface area contributed by atoms with Gasteiger partial charge in [-0.1, -0.05) is 13.8 Å². The van der Waals surface area contributed by atoms with Crippen molar-refractivity contribution >= 4 is 15.9 Å². The molecule has 6 nitrogen and oxygen atoms in total. The summed E-state index contributed by atoms with van der Waals surface area (Å²) < 4.78 is 27.1. The van der Waals surface area contributed by atoms with E-state index < -0.39 is 10.0 Å². The summed E-state index contributed by atoms with van der Waals surface area (Å²) in [7, 11) is -0.550. The van der Waals surface area contributed by atoms with E-state index in [1.54, 1.807) is 7.05 Å². The van der Waals surface area contributed by atoms with E-state index in [1.807, 2.05) is 20.8 Å². The lowest BCUT2D eigenvalue weighted by Gasteiger charge is -2.17. The summed E-state index contributed by atoms with van der Waals surface area (Å²) in [5, 5.41) is 2.84. The average molecular weight is 287 g/mol. The van der Waals surface area contributed by atoms with Crippen LogP contribution in [-0.2, 0) is 17.1 Å². The molecule has 2 N–H and O–H groups in total. The Morgan fingerprint density at radius 3 is 2.37 bits per heavy atom. The van der Waals surface area contributed by atoms with Gasteiger partial charge >= 0.3 is 0 Å². The summed E-state index contributed by atoms with van der Waals surface area (Å²) in [5.74, 6) is 0.0333. The Hall–Kier alpha value is -1.34. The van der Waals surface area contributed by atoms with E-state index in [4.69, 9.17) is 0 Å². The molecule has 1 amide bonds. The highest BCUT2D eigenvalue weighted by molar-refractivity contribution is 7.89. The number of aromatic nitrogens is 1. The zero-order valence-corrected chi connectivity index (χ0v) is 12.7. The topological polar surface area (TPSA) is 80.2 Å². The molecule has 1 aromatic rings. The van der Waals surface area contributed by atoms with Gasteiger partial charge < -0.3 is 9.88 Å². The fraction of sp³-hybridized carbons (Fsp3) is 0.583. The van der Waals surface area contributed by atoms with Gasteiger partial charge in [-0.05, 0) is 26.0 Å². The van der Waals surface area contributed by atoms with Crippen LogP contribution in [0, 0.1) is 5.92 Å². The predicted molar refractivity (Wildman–Crippen MR) is 73.4 cm³/mol. The van der Waals surface area contributed by atoms with Crippen molar-refractivity contribution in [2.75, 3.05) is 7.05 Å². The summed E-state index contributed by atoms with van der Waals surface area (Å²) in [4.78, 5) is 12.1. The van der Waals surface area contributed by atoms with E-state index in [9.17, 15) is 13.2 Å². The van der Waals surface area contributed by atoms with Gasteiger partial charge in [-0.2, -0.15) is 0 Å². The summed E-state index contributed by atoms with van der Waals surface area (Å²) in [6.07, 6.45) is 1.42. The first-order valence-electron chi connectivity index (χ1n) is 6.09. The number of rotatable bonds is 5. The van der Waals surface area contributed by atoms with Gasteiger partial charge in [0.25, 0.3) is 5.91 Å². The molecule has 1 atom stereocenters. The lowest BCUT2D eigenvalue weighted by Crippen LogP contribution is -2.36. The van der Waals surface area contributed by atoms with E-state index in [-0.39, 0.29) is 16.8 Å². The molecule has 1 aromatic heterocycles. The average Bonchev–Trinajstić information content (AvgIpc) is 2.71. The monoisotopic (exact) mass is 287 g/mol. The van der Waals surface area contributed by atoms with Crippen molar-refractivity contribution in [3.05, 3.63) is 18.0 Å². The highest BCUT2D eigenvalue weighted by Crippen LogP contribution is 2.13. The van der Waals surface area contributed by atoms with Crippen LogP contribution < -0.4 is 10.0 Å². The van der Waals surface area contributed by atoms with Crippen LogP contribution in [0.5, 0.6) is 0 Å². The molecule has 0 spiro atoms. The number of carbonyl (C=O) groups is 1. The van der Waals surface area contributed by atoms with Crippen molar-refractivity contribution in [3.8, 4) is 0 Å². The number of nitrogens with zero attached hydrogens (tertiary/aromatic N) is 1. The van der Waals surface area contributed by atoms with Gasteiger partial charge in [-0.15, -0.1) is 0 Å². The van der Waals surface area contributed by atoms with Gasteiger partial charge in [0, 0.05) is 19.3 Å². The van der Waals surface area contributed by atoms with Crippen LogP contribution in [-0.4, -0.2) is 32.0 Å². The van der Waals surface area contributed by atoms with Gasteiger partial charge in [-0.25, -0.2) is 13.1 Å². The van der Waals surface area contributed by atoms with Crippen molar-refractivity contribution in [3.63, 3.8) is 0 Å². The van der Waals surface area contributed by atoms with Gasteiger partial charge in [-0.3, -0.25) is 4.79 Å². The Morgan fingerprint density at radius 2 is 1.89 bits per heavy atom.